The molecule has 0 saturated carbocycles. The largest absolute Gasteiger partial charge is 0.342 e. The molecule has 3 heterocycles. The quantitative estimate of drug-likeness (QED) is 0.837. The maximum Gasteiger partial charge on any atom is 0.228 e. The number of aromatic nitrogens is 2. The summed E-state index contributed by atoms with van der Waals surface area (Å²) in [6, 6.07) is 10.7. The van der Waals surface area contributed by atoms with Gasteiger partial charge in [-0.05, 0) is 37.8 Å². The van der Waals surface area contributed by atoms with Crippen LogP contribution in [0.2, 0.25) is 0 Å². The van der Waals surface area contributed by atoms with Gasteiger partial charge >= 0.3 is 0 Å². The van der Waals surface area contributed by atoms with Crippen LogP contribution < -0.4 is 0 Å². The highest BCUT2D eigenvalue weighted by atomic mass is 16.2. The van der Waals surface area contributed by atoms with Crippen molar-refractivity contribution in [3.63, 3.8) is 0 Å². The monoisotopic (exact) mass is 364 g/mol. The van der Waals surface area contributed by atoms with Crippen LogP contribution in [0.15, 0.2) is 48.9 Å². The molecule has 0 aliphatic carbocycles. The number of benzene rings is 1. The standard InChI is InChI=1S/C22H28N4O/c27-21(14-20-15-23-10-11-24-20)26-13-5-9-22(18-26)8-4-12-25(17-22)16-19-6-2-1-3-7-19/h1-3,6-7,10-11,15H,4-5,8-9,12-14,16-18H2/t22-/m0/s1. The van der Waals surface area contributed by atoms with Crippen LogP contribution in [0.1, 0.15) is 36.9 Å². The smallest absolute Gasteiger partial charge is 0.228 e. The van der Waals surface area contributed by atoms with Gasteiger partial charge in [0.25, 0.3) is 0 Å². The van der Waals surface area contributed by atoms with E-state index in [1.807, 2.05) is 0 Å². The molecule has 1 aromatic carbocycles. The first-order valence-electron chi connectivity index (χ1n) is 10.0. The summed E-state index contributed by atoms with van der Waals surface area (Å²) in [5.41, 5.74) is 2.39. The van der Waals surface area contributed by atoms with Crippen molar-refractivity contribution in [3.05, 3.63) is 60.2 Å². The van der Waals surface area contributed by atoms with E-state index in [0.717, 1.165) is 44.8 Å². The van der Waals surface area contributed by atoms with Crippen molar-refractivity contribution in [2.45, 2.75) is 38.6 Å². The topological polar surface area (TPSA) is 49.3 Å². The molecule has 2 aliphatic rings. The number of hydrogen-bond acceptors (Lipinski definition) is 4. The van der Waals surface area contributed by atoms with Gasteiger partial charge < -0.3 is 4.90 Å². The average Bonchev–Trinajstić information content (AvgIpc) is 2.70. The minimum absolute atomic E-state index is 0.190. The maximum atomic E-state index is 12.8. The van der Waals surface area contributed by atoms with Gasteiger partial charge in [0.15, 0.2) is 0 Å². The Kier molecular flexibility index (Phi) is 5.48. The van der Waals surface area contributed by atoms with Gasteiger partial charge in [0.2, 0.25) is 5.91 Å². The van der Waals surface area contributed by atoms with E-state index in [9.17, 15) is 4.79 Å². The average molecular weight is 364 g/mol. The van der Waals surface area contributed by atoms with E-state index in [1.54, 1.807) is 18.6 Å². The van der Waals surface area contributed by atoms with Gasteiger partial charge in [-0.15, -0.1) is 0 Å². The van der Waals surface area contributed by atoms with Gasteiger partial charge in [-0.3, -0.25) is 19.7 Å². The Morgan fingerprint density at radius 2 is 1.85 bits per heavy atom. The van der Waals surface area contributed by atoms with E-state index in [0.29, 0.717) is 6.42 Å². The fourth-order valence-electron chi connectivity index (χ4n) is 4.73. The van der Waals surface area contributed by atoms with Crippen LogP contribution in [0.25, 0.3) is 0 Å². The molecular formula is C22H28N4O. The molecular weight excluding hydrogens is 336 g/mol. The molecule has 2 aliphatic heterocycles. The summed E-state index contributed by atoms with van der Waals surface area (Å²) in [4.78, 5) is 25.8. The van der Waals surface area contributed by atoms with E-state index >= 15 is 0 Å². The number of amides is 1. The fourth-order valence-corrected chi connectivity index (χ4v) is 4.73. The van der Waals surface area contributed by atoms with Crippen molar-refractivity contribution < 1.29 is 4.79 Å². The summed E-state index contributed by atoms with van der Waals surface area (Å²) in [6.45, 7) is 5.02. The molecule has 2 saturated heterocycles. The van der Waals surface area contributed by atoms with Crippen molar-refractivity contribution in [2.24, 2.45) is 5.41 Å². The van der Waals surface area contributed by atoms with Crippen LogP contribution in [-0.2, 0) is 17.8 Å². The minimum atomic E-state index is 0.190. The van der Waals surface area contributed by atoms with Crippen molar-refractivity contribution in [1.29, 1.82) is 0 Å². The van der Waals surface area contributed by atoms with E-state index in [4.69, 9.17) is 0 Å². The van der Waals surface area contributed by atoms with Crippen LogP contribution in [0.5, 0.6) is 0 Å². The van der Waals surface area contributed by atoms with Crippen molar-refractivity contribution >= 4 is 5.91 Å². The summed E-state index contributed by atoms with van der Waals surface area (Å²) in [6.07, 6.45) is 10.1. The number of likely N-dealkylation sites (tertiary alicyclic amines) is 2. The molecule has 0 unspecified atom stereocenters. The van der Waals surface area contributed by atoms with Gasteiger partial charge in [0.1, 0.15) is 0 Å². The minimum Gasteiger partial charge on any atom is -0.342 e. The zero-order valence-corrected chi connectivity index (χ0v) is 15.9. The second-order valence-corrected chi connectivity index (χ2v) is 8.09. The molecule has 27 heavy (non-hydrogen) atoms. The summed E-state index contributed by atoms with van der Waals surface area (Å²) in [5, 5.41) is 0. The molecule has 2 fully saturated rings. The first kappa shape index (κ1) is 18.1. The van der Waals surface area contributed by atoms with Crippen LogP contribution in [0, 0.1) is 5.41 Å². The maximum absolute atomic E-state index is 12.8. The summed E-state index contributed by atoms with van der Waals surface area (Å²) in [7, 11) is 0. The van der Waals surface area contributed by atoms with Gasteiger partial charge in [-0.2, -0.15) is 0 Å². The van der Waals surface area contributed by atoms with E-state index in [1.165, 1.54) is 24.8 Å². The Labute approximate surface area is 161 Å². The summed E-state index contributed by atoms with van der Waals surface area (Å²) in [5.74, 6) is 0.190. The van der Waals surface area contributed by atoms with E-state index in [-0.39, 0.29) is 11.3 Å². The second kappa shape index (κ2) is 8.17. The van der Waals surface area contributed by atoms with Crippen molar-refractivity contribution in [1.82, 2.24) is 19.8 Å². The highest BCUT2D eigenvalue weighted by molar-refractivity contribution is 5.78. The predicted molar refractivity (Wildman–Crippen MR) is 105 cm³/mol. The highest BCUT2D eigenvalue weighted by Crippen LogP contribution is 2.39. The van der Waals surface area contributed by atoms with Crippen molar-refractivity contribution in [3.8, 4) is 0 Å². The first-order chi connectivity index (χ1) is 13.2. The van der Waals surface area contributed by atoms with Crippen LogP contribution in [-0.4, -0.2) is 51.9 Å². The number of rotatable bonds is 4. The summed E-state index contributed by atoms with van der Waals surface area (Å²) < 4.78 is 0. The molecule has 2 aromatic rings. The lowest BCUT2D eigenvalue weighted by atomic mass is 9.73. The number of carbonyl (C=O) groups is 1. The Balaban J connectivity index is 1.39. The number of nitrogens with zero attached hydrogens (tertiary/aromatic N) is 4. The van der Waals surface area contributed by atoms with E-state index in [2.05, 4.69) is 50.1 Å². The molecule has 1 aromatic heterocycles. The number of carbonyl (C=O) groups excluding carboxylic acids is 1. The molecule has 5 nitrogen and oxygen atoms in total. The number of hydrogen-bond donors (Lipinski definition) is 0. The molecule has 142 valence electrons. The first-order valence-corrected chi connectivity index (χ1v) is 10.0. The molecule has 0 N–H and O–H groups in total. The van der Waals surface area contributed by atoms with Crippen LogP contribution in [0.4, 0.5) is 0 Å². The Morgan fingerprint density at radius 1 is 1.04 bits per heavy atom. The molecule has 1 amide bonds. The lowest BCUT2D eigenvalue weighted by Crippen LogP contribution is -2.53. The van der Waals surface area contributed by atoms with Gasteiger partial charge in [0.05, 0.1) is 12.1 Å². The zero-order valence-electron chi connectivity index (χ0n) is 15.9. The van der Waals surface area contributed by atoms with Crippen LogP contribution in [0.3, 0.4) is 0 Å². The zero-order chi connectivity index (χ0) is 18.5. The Hall–Kier alpha value is -2.27. The molecule has 4 rings (SSSR count). The molecule has 0 bridgehead atoms. The van der Waals surface area contributed by atoms with Crippen LogP contribution >= 0.6 is 0 Å². The SMILES string of the molecule is O=C(Cc1cnccn1)N1CCC[C@]2(CCCN(Cc3ccccc3)C2)C1. The third kappa shape index (κ3) is 4.53. The number of piperidine rings is 2. The van der Waals surface area contributed by atoms with Gasteiger partial charge in [-0.25, -0.2) is 0 Å². The lowest BCUT2D eigenvalue weighted by molar-refractivity contribution is -0.135. The highest BCUT2D eigenvalue weighted by Gasteiger charge is 2.40. The molecule has 1 atom stereocenters. The van der Waals surface area contributed by atoms with Gasteiger partial charge in [-0.1, -0.05) is 30.3 Å². The van der Waals surface area contributed by atoms with Crippen molar-refractivity contribution in [2.75, 3.05) is 26.2 Å². The Morgan fingerprint density at radius 3 is 2.63 bits per heavy atom. The normalized spacial score (nSPS) is 23.5. The Bertz CT molecular complexity index is 747. The molecule has 5 heteroatoms. The van der Waals surface area contributed by atoms with Gasteiger partial charge in [0, 0.05) is 50.2 Å². The third-order valence-corrected chi connectivity index (χ3v) is 5.95. The fraction of sp³-hybridized carbons (Fsp3) is 0.500. The molecule has 0 radical (unpaired) electrons. The van der Waals surface area contributed by atoms with E-state index < -0.39 is 0 Å². The summed E-state index contributed by atoms with van der Waals surface area (Å²) >= 11 is 0. The predicted octanol–water partition coefficient (Wildman–Crippen LogP) is 2.92. The second-order valence-electron chi connectivity index (χ2n) is 8.09. The lowest BCUT2D eigenvalue weighted by Gasteiger charge is -2.48. The molecule has 1 spiro atoms. The third-order valence-electron chi connectivity index (χ3n) is 5.95.